The molecule has 0 bridgehead atoms. The fourth-order valence-electron chi connectivity index (χ4n) is 3.77. The lowest BCUT2D eigenvalue weighted by atomic mass is 10.0. The molecule has 21 heavy (non-hydrogen) atoms. The molecule has 2 fully saturated rings. The molecule has 2 saturated heterocycles. The second-order valence-electron chi connectivity index (χ2n) is 6.26. The topological polar surface area (TPSA) is 32.3 Å². The van der Waals surface area contributed by atoms with Gasteiger partial charge in [-0.05, 0) is 45.6 Å². The maximum atomic E-state index is 14.3. The molecule has 1 aromatic heterocycles. The van der Waals surface area contributed by atoms with E-state index in [0.29, 0.717) is 30.0 Å². The van der Waals surface area contributed by atoms with Gasteiger partial charge in [0.25, 0.3) is 0 Å². The predicted octanol–water partition coefficient (Wildman–Crippen LogP) is 2.63. The third kappa shape index (κ3) is 2.89. The van der Waals surface area contributed by atoms with Crippen molar-refractivity contribution in [1.29, 1.82) is 0 Å². The smallest absolute Gasteiger partial charge is 0.187 e. The Hall–Kier alpha value is -1.23. The Morgan fingerprint density at radius 1 is 1.19 bits per heavy atom. The largest absolute Gasteiger partial charge is 0.354 e. The zero-order chi connectivity index (χ0) is 14.8. The Morgan fingerprint density at radius 3 is 2.57 bits per heavy atom. The van der Waals surface area contributed by atoms with E-state index in [1.165, 1.54) is 25.7 Å². The van der Waals surface area contributed by atoms with Crippen molar-refractivity contribution in [2.45, 2.75) is 58.0 Å². The van der Waals surface area contributed by atoms with Gasteiger partial charge < -0.3 is 4.90 Å². The van der Waals surface area contributed by atoms with E-state index in [9.17, 15) is 4.39 Å². The maximum absolute atomic E-state index is 14.3. The molecule has 0 spiro atoms. The van der Waals surface area contributed by atoms with Crippen molar-refractivity contribution in [2.24, 2.45) is 0 Å². The first kappa shape index (κ1) is 14.7. The first-order valence-corrected chi connectivity index (χ1v) is 8.20. The average Bonchev–Trinajstić information content (AvgIpc) is 2.94. The molecule has 2 aliphatic rings. The number of rotatable bonds is 3. The van der Waals surface area contributed by atoms with Gasteiger partial charge in [0.05, 0.1) is 5.69 Å². The Bertz CT molecular complexity index is 485. The summed E-state index contributed by atoms with van der Waals surface area (Å²) in [6.45, 7) is 7.27. The minimum Gasteiger partial charge on any atom is -0.354 e. The Morgan fingerprint density at radius 2 is 1.95 bits per heavy atom. The quantitative estimate of drug-likeness (QED) is 0.857. The van der Waals surface area contributed by atoms with Crippen LogP contribution in [-0.2, 0) is 6.42 Å². The standard InChI is InChI=1S/C16H25FN4/c1-3-14-15(17)16(19-11-18-14)20-9-6-13(7-10-20)21-8-4-5-12(21)2/h11-13H,3-10H2,1-2H3. The van der Waals surface area contributed by atoms with Crippen molar-refractivity contribution >= 4 is 5.82 Å². The SMILES string of the molecule is CCc1ncnc(N2CCC(N3CCCC3C)CC2)c1F. The number of likely N-dealkylation sites (tertiary alicyclic amines) is 1. The van der Waals surface area contributed by atoms with Crippen LogP contribution in [0.2, 0.25) is 0 Å². The van der Waals surface area contributed by atoms with Crippen molar-refractivity contribution in [3.05, 3.63) is 17.8 Å². The number of piperidine rings is 1. The third-order valence-corrected chi connectivity index (χ3v) is 5.02. The van der Waals surface area contributed by atoms with Gasteiger partial charge in [0.2, 0.25) is 0 Å². The van der Waals surface area contributed by atoms with E-state index in [1.807, 2.05) is 6.92 Å². The highest BCUT2D eigenvalue weighted by molar-refractivity contribution is 5.41. The van der Waals surface area contributed by atoms with Crippen LogP contribution in [0.15, 0.2) is 6.33 Å². The van der Waals surface area contributed by atoms with Gasteiger partial charge in [-0.15, -0.1) is 0 Å². The van der Waals surface area contributed by atoms with E-state index in [1.54, 1.807) is 0 Å². The van der Waals surface area contributed by atoms with Gasteiger partial charge in [0.15, 0.2) is 11.6 Å². The molecule has 0 aliphatic carbocycles. The number of aryl methyl sites for hydroxylation is 1. The van der Waals surface area contributed by atoms with Gasteiger partial charge in [0.1, 0.15) is 6.33 Å². The van der Waals surface area contributed by atoms with Crippen LogP contribution in [0.25, 0.3) is 0 Å². The molecule has 2 aliphatic heterocycles. The summed E-state index contributed by atoms with van der Waals surface area (Å²) in [5.74, 6) is 0.266. The summed E-state index contributed by atoms with van der Waals surface area (Å²) < 4.78 is 14.3. The van der Waals surface area contributed by atoms with Crippen LogP contribution in [0.4, 0.5) is 10.2 Å². The molecule has 0 aromatic carbocycles. The van der Waals surface area contributed by atoms with Crippen LogP contribution in [0.3, 0.4) is 0 Å². The van der Waals surface area contributed by atoms with Crippen molar-refractivity contribution in [3.8, 4) is 0 Å². The minimum atomic E-state index is -0.229. The highest BCUT2D eigenvalue weighted by Gasteiger charge is 2.31. The molecule has 0 radical (unpaired) electrons. The van der Waals surface area contributed by atoms with E-state index >= 15 is 0 Å². The lowest BCUT2D eigenvalue weighted by molar-refractivity contribution is 0.163. The van der Waals surface area contributed by atoms with Crippen molar-refractivity contribution in [1.82, 2.24) is 14.9 Å². The fraction of sp³-hybridized carbons (Fsp3) is 0.750. The van der Waals surface area contributed by atoms with Gasteiger partial charge >= 0.3 is 0 Å². The fourth-order valence-corrected chi connectivity index (χ4v) is 3.77. The van der Waals surface area contributed by atoms with Crippen molar-refractivity contribution in [3.63, 3.8) is 0 Å². The summed E-state index contributed by atoms with van der Waals surface area (Å²) >= 11 is 0. The normalized spacial score (nSPS) is 24.7. The van der Waals surface area contributed by atoms with Gasteiger partial charge in [-0.2, -0.15) is 0 Å². The molecule has 0 saturated carbocycles. The number of nitrogens with zero attached hydrogens (tertiary/aromatic N) is 4. The van der Waals surface area contributed by atoms with Gasteiger partial charge in [-0.1, -0.05) is 6.92 Å². The monoisotopic (exact) mass is 292 g/mol. The van der Waals surface area contributed by atoms with E-state index in [4.69, 9.17) is 0 Å². The second-order valence-corrected chi connectivity index (χ2v) is 6.26. The summed E-state index contributed by atoms with van der Waals surface area (Å²) in [6, 6.07) is 1.37. The van der Waals surface area contributed by atoms with Gasteiger partial charge in [0, 0.05) is 25.2 Å². The minimum absolute atomic E-state index is 0.229. The highest BCUT2D eigenvalue weighted by Crippen LogP contribution is 2.28. The zero-order valence-corrected chi connectivity index (χ0v) is 13.1. The lowest BCUT2D eigenvalue weighted by Crippen LogP contribution is -2.46. The summed E-state index contributed by atoms with van der Waals surface area (Å²) in [7, 11) is 0. The summed E-state index contributed by atoms with van der Waals surface area (Å²) in [5.41, 5.74) is 0.523. The van der Waals surface area contributed by atoms with E-state index in [0.717, 1.165) is 25.9 Å². The Kier molecular flexibility index (Phi) is 4.38. The molecule has 4 nitrogen and oxygen atoms in total. The Balaban J connectivity index is 1.66. The number of aromatic nitrogens is 2. The average molecular weight is 292 g/mol. The third-order valence-electron chi connectivity index (χ3n) is 5.02. The van der Waals surface area contributed by atoms with E-state index < -0.39 is 0 Å². The van der Waals surface area contributed by atoms with Crippen LogP contribution in [0, 0.1) is 5.82 Å². The molecule has 0 N–H and O–H groups in total. The first-order valence-electron chi connectivity index (χ1n) is 8.20. The molecule has 1 aromatic rings. The summed E-state index contributed by atoms with van der Waals surface area (Å²) in [4.78, 5) is 12.9. The lowest BCUT2D eigenvalue weighted by Gasteiger charge is -2.39. The second kappa shape index (κ2) is 6.26. The molecular weight excluding hydrogens is 267 g/mol. The first-order chi connectivity index (χ1) is 10.2. The van der Waals surface area contributed by atoms with Gasteiger partial charge in [-0.25, -0.2) is 14.4 Å². The number of hydrogen-bond acceptors (Lipinski definition) is 4. The van der Waals surface area contributed by atoms with Crippen LogP contribution in [0.1, 0.15) is 45.2 Å². The molecule has 1 unspecified atom stereocenters. The van der Waals surface area contributed by atoms with Gasteiger partial charge in [-0.3, -0.25) is 4.90 Å². The van der Waals surface area contributed by atoms with Crippen molar-refractivity contribution in [2.75, 3.05) is 24.5 Å². The molecule has 0 amide bonds. The molecule has 1 atom stereocenters. The van der Waals surface area contributed by atoms with E-state index in [-0.39, 0.29) is 5.82 Å². The predicted molar refractivity (Wildman–Crippen MR) is 82.0 cm³/mol. The number of anilines is 1. The van der Waals surface area contributed by atoms with Crippen molar-refractivity contribution < 1.29 is 4.39 Å². The van der Waals surface area contributed by atoms with Crippen LogP contribution in [0.5, 0.6) is 0 Å². The van der Waals surface area contributed by atoms with Crippen LogP contribution in [-0.4, -0.2) is 46.6 Å². The molecule has 116 valence electrons. The molecule has 5 heteroatoms. The highest BCUT2D eigenvalue weighted by atomic mass is 19.1. The summed E-state index contributed by atoms with van der Waals surface area (Å²) in [5, 5.41) is 0. The summed E-state index contributed by atoms with van der Waals surface area (Å²) in [6.07, 6.45) is 6.96. The maximum Gasteiger partial charge on any atom is 0.187 e. The zero-order valence-electron chi connectivity index (χ0n) is 13.1. The number of hydrogen-bond donors (Lipinski definition) is 0. The molecule has 3 rings (SSSR count). The Labute approximate surface area is 126 Å². The van der Waals surface area contributed by atoms with E-state index in [2.05, 4.69) is 26.7 Å². The molecule has 3 heterocycles. The van der Waals surface area contributed by atoms with Crippen LogP contribution >= 0.6 is 0 Å². The molecular formula is C16H25FN4. The van der Waals surface area contributed by atoms with Crippen LogP contribution < -0.4 is 4.90 Å². The number of halogens is 1.